The lowest BCUT2D eigenvalue weighted by atomic mass is 10.1. The zero-order valence-corrected chi connectivity index (χ0v) is 19.9. The lowest BCUT2D eigenvalue weighted by Gasteiger charge is -2.28. The number of rotatable bonds is 6. The van der Waals surface area contributed by atoms with Crippen LogP contribution in [0.1, 0.15) is 34.0 Å². The molecule has 3 aromatic rings. The maximum atomic E-state index is 13.1. The molecule has 0 radical (unpaired) electrons. The second-order valence-corrected chi connectivity index (χ2v) is 9.31. The van der Waals surface area contributed by atoms with Crippen LogP contribution in [0.3, 0.4) is 0 Å². The van der Waals surface area contributed by atoms with Gasteiger partial charge >= 0.3 is 6.03 Å². The Morgan fingerprint density at radius 3 is 2.77 bits per heavy atom. The molecule has 5 rings (SSSR count). The highest BCUT2D eigenvalue weighted by molar-refractivity contribution is 7.07. The predicted octanol–water partition coefficient (Wildman–Crippen LogP) is 3.56. The maximum absolute atomic E-state index is 13.1. The van der Waals surface area contributed by atoms with E-state index in [4.69, 9.17) is 4.74 Å². The van der Waals surface area contributed by atoms with Crippen LogP contribution in [0.15, 0.2) is 65.4 Å². The topological polar surface area (TPSA) is 91.0 Å². The van der Waals surface area contributed by atoms with Crippen LogP contribution in [0.2, 0.25) is 0 Å². The molecule has 8 nitrogen and oxygen atoms in total. The zero-order valence-electron chi connectivity index (χ0n) is 19.1. The van der Waals surface area contributed by atoms with Gasteiger partial charge in [0.1, 0.15) is 11.9 Å². The minimum atomic E-state index is -0.510. The summed E-state index contributed by atoms with van der Waals surface area (Å²) < 4.78 is 6.34. The van der Waals surface area contributed by atoms with Crippen molar-refractivity contribution < 1.29 is 19.1 Å². The first kappa shape index (κ1) is 23.1. The van der Waals surface area contributed by atoms with E-state index in [1.54, 1.807) is 35.6 Å². The van der Waals surface area contributed by atoms with Gasteiger partial charge in [0.25, 0.3) is 5.91 Å². The Labute approximate surface area is 207 Å². The first-order chi connectivity index (χ1) is 17.1. The highest BCUT2D eigenvalue weighted by Gasteiger charge is 2.28. The van der Waals surface area contributed by atoms with Crippen molar-refractivity contribution in [1.29, 1.82) is 0 Å². The lowest BCUT2D eigenvalue weighted by molar-refractivity contribution is -0.120. The van der Waals surface area contributed by atoms with E-state index in [1.165, 1.54) is 4.90 Å². The number of ether oxygens (including phenoxy) is 1. The van der Waals surface area contributed by atoms with Gasteiger partial charge in [-0.05, 0) is 35.0 Å². The number of carbonyl (C=O) groups is 3. The molecule has 1 atom stereocenters. The average molecular weight is 491 g/mol. The molecule has 1 aromatic heterocycles. The molecular weight excluding hydrogens is 464 g/mol. The molecule has 3 heterocycles. The normalized spacial score (nSPS) is 18.3. The van der Waals surface area contributed by atoms with Gasteiger partial charge in [-0.2, -0.15) is 11.3 Å². The second-order valence-electron chi connectivity index (χ2n) is 8.53. The second kappa shape index (κ2) is 10.3. The van der Waals surface area contributed by atoms with Gasteiger partial charge in [0.15, 0.2) is 0 Å². The summed E-state index contributed by atoms with van der Waals surface area (Å²) in [5.74, 6) is 0.325. The number of imide groups is 1. The fourth-order valence-electron chi connectivity index (χ4n) is 4.40. The van der Waals surface area contributed by atoms with Gasteiger partial charge in [-0.3, -0.25) is 24.7 Å². The quantitative estimate of drug-likeness (QED) is 0.552. The molecule has 2 N–H and O–H groups in total. The molecule has 0 bridgehead atoms. The molecule has 0 spiro atoms. The SMILES string of the molecule is O=C1CCN(c2ccccc2C(=O)NCCN2Cc3ccccc3OC(c3ccsc3)C2)C(=O)N1. The van der Waals surface area contributed by atoms with E-state index in [2.05, 4.69) is 38.4 Å². The summed E-state index contributed by atoms with van der Waals surface area (Å²) in [6.45, 7) is 2.76. The Morgan fingerprint density at radius 1 is 1.11 bits per heavy atom. The van der Waals surface area contributed by atoms with E-state index >= 15 is 0 Å². The molecule has 180 valence electrons. The lowest BCUT2D eigenvalue weighted by Crippen LogP contribution is -2.50. The Kier molecular flexibility index (Phi) is 6.78. The van der Waals surface area contributed by atoms with Crippen LogP contribution in [0.4, 0.5) is 10.5 Å². The minimum absolute atomic E-state index is 0.0818. The van der Waals surface area contributed by atoms with Crippen LogP contribution < -0.4 is 20.3 Å². The maximum Gasteiger partial charge on any atom is 0.328 e. The molecule has 1 saturated heterocycles. The number of amides is 4. The number of hydrogen-bond donors (Lipinski definition) is 2. The standard InChI is InChI=1S/C26H26N4O4S/c31-24-9-12-30(26(33)28-24)21-7-3-2-6-20(21)25(32)27-11-13-29-15-18-5-1-4-8-22(18)34-23(16-29)19-10-14-35-17-19/h1-8,10,14,17,23H,9,11-13,15-16H2,(H,27,32)(H,28,31,33). The number of anilines is 1. The first-order valence-corrected chi connectivity index (χ1v) is 12.5. The fraction of sp³-hybridized carbons (Fsp3) is 0.269. The average Bonchev–Trinajstić information content (AvgIpc) is 3.33. The molecule has 0 saturated carbocycles. The smallest absolute Gasteiger partial charge is 0.328 e. The number of nitrogens with one attached hydrogen (secondary N) is 2. The molecule has 0 aliphatic carbocycles. The summed E-state index contributed by atoms with van der Waals surface area (Å²) in [4.78, 5) is 40.6. The summed E-state index contributed by atoms with van der Waals surface area (Å²) in [6.07, 6.45) is 0.118. The Balaban J connectivity index is 1.26. The van der Waals surface area contributed by atoms with Gasteiger partial charge in [0, 0.05) is 50.3 Å². The van der Waals surface area contributed by atoms with Gasteiger partial charge in [-0.15, -0.1) is 0 Å². The van der Waals surface area contributed by atoms with Crippen molar-refractivity contribution in [2.24, 2.45) is 0 Å². The van der Waals surface area contributed by atoms with Crippen molar-refractivity contribution in [2.45, 2.75) is 19.1 Å². The van der Waals surface area contributed by atoms with Crippen molar-refractivity contribution in [2.75, 3.05) is 31.1 Å². The number of para-hydroxylation sites is 2. The van der Waals surface area contributed by atoms with Gasteiger partial charge in [0.2, 0.25) is 5.91 Å². The molecule has 1 fully saturated rings. The first-order valence-electron chi connectivity index (χ1n) is 11.6. The van der Waals surface area contributed by atoms with Crippen LogP contribution >= 0.6 is 11.3 Å². The van der Waals surface area contributed by atoms with Crippen molar-refractivity contribution in [3.8, 4) is 5.75 Å². The molecule has 35 heavy (non-hydrogen) atoms. The van der Waals surface area contributed by atoms with Crippen LogP contribution in [-0.2, 0) is 11.3 Å². The Hall–Kier alpha value is -3.69. The number of hydrogen-bond acceptors (Lipinski definition) is 6. The fourth-order valence-corrected chi connectivity index (χ4v) is 5.10. The Morgan fingerprint density at radius 2 is 1.94 bits per heavy atom. The number of benzene rings is 2. The van der Waals surface area contributed by atoms with Gasteiger partial charge < -0.3 is 10.1 Å². The molecule has 2 aliphatic rings. The van der Waals surface area contributed by atoms with Gasteiger partial charge in [-0.1, -0.05) is 30.3 Å². The van der Waals surface area contributed by atoms with Crippen molar-refractivity contribution in [1.82, 2.24) is 15.5 Å². The highest BCUT2D eigenvalue weighted by Crippen LogP contribution is 2.31. The summed E-state index contributed by atoms with van der Waals surface area (Å²) in [5, 5.41) is 9.47. The number of nitrogens with zero attached hydrogens (tertiary/aromatic N) is 2. The number of fused-ring (bicyclic) bond motifs is 1. The Bertz CT molecular complexity index is 1230. The summed E-state index contributed by atoms with van der Waals surface area (Å²) in [6, 6.07) is 16.6. The number of carbonyl (C=O) groups excluding carboxylic acids is 3. The monoisotopic (exact) mass is 490 g/mol. The van der Waals surface area contributed by atoms with Gasteiger partial charge in [-0.25, -0.2) is 4.79 Å². The van der Waals surface area contributed by atoms with E-state index in [-0.39, 0.29) is 30.9 Å². The molecule has 9 heteroatoms. The minimum Gasteiger partial charge on any atom is -0.484 e. The third kappa shape index (κ3) is 5.21. The molecule has 1 unspecified atom stereocenters. The molecular formula is C26H26N4O4S. The van der Waals surface area contributed by atoms with E-state index in [0.29, 0.717) is 30.9 Å². The summed E-state index contributed by atoms with van der Waals surface area (Å²) >= 11 is 1.65. The summed E-state index contributed by atoms with van der Waals surface area (Å²) in [7, 11) is 0. The largest absolute Gasteiger partial charge is 0.484 e. The van der Waals surface area contributed by atoms with E-state index in [9.17, 15) is 14.4 Å². The molecule has 2 aliphatic heterocycles. The summed E-state index contributed by atoms with van der Waals surface area (Å²) in [5.41, 5.74) is 3.16. The van der Waals surface area contributed by atoms with Crippen LogP contribution in [0.25, 0.3) is 0 Å². The van der Waals surface area contributed by atoms with Crippen molar-refractivity contribution in [3.63, 3.8) is 0 Å². The predicted molar refractivity (Wildman–Crippen MR) is 134 cm³/mol. The number of urea groups is 1. The van der Waals surface area contributed by atoms with Crippen LogP contribution in [0.5, 0.6) is 5.75 Å². The van der Waals surface area contributed by atoms with E-state index in [0.717, 1.165) is 23.4 Å². The van der Waals surface area contributed by atoms with Crippen molar-refractivity contribution >= 4 is 34.9 Å². The third-order valence-electron chi connectivity index (χ3n) is 6.18. The highest BCUT2D eigenvalue weighted by atomic mass is 32.1. The van der Waals surface area contributed by atoms with Crippen LogP contribution in [-0.4, -0.2) is 48.9 Å². The van der Waals surface area contributed by atoms with Crippen LogP contribution in [0, 0.1) is 0 Å². The number of thiophene rings is 1. The molecule has 2 aromatic carbocycles. The molecule has 4 amide bonds. The third-order valence-corrected chi connectivity index (χ3v) is 6.88. The van der Waals surface area contributed by atoms with Gasteiger partial charge in [0.05, 0.1) is 11.3 Å². The van der Waals surface area contributed by atoms with Crippen molar-refractivity contribution in [3.05, 3.63) is 82.0 Å². The zero-order chi connectivity index (χ0) is 24.2. The van der Waals surface area contributed by atoms with E-state index < -0.39 is 6.03 Å². The van der Waals surface area contributed by atoms with E-state index in [1.807, 2.05) is 18.2 Å².